The molecule has 0 aliphatic heterocycles. The highest BCUT2D eigenvalue weighted by molar-refractivity contribution is 7.85. The zero-order valence-corrected chi connectivity index (χ0v) is 8.02. The molecule has 0 aliphatic carbocycles. The number of nitrogens with two attached hydrogens (primary N) is 1. The van der Waals surface area contributed by atoms with Crippen LogP contribution in [0.2, 0.25) is 0 Å². The minimum atomic E-state index is -0.800. The molecule has 0 aromatic heterocycles. The average Bonchev–Trinajstić information content (AvgIpc) is 2.00. The van der Waals surface area contributed by atoms with E-state index in [1.54, 1.807) is 7.11 Å². The molecule has 4 heteroatoms. The molecule has 0 aromatic carbocycles. The van der Waals surface area contributed by atoms with Crippen LogP contribution in [0, 0.1) is 0 Å². The van der Waals surface area contributed by atoms with Crippen LogP contribution < -0.4 is 5.73 Å². The molecule has 2 unspecified atom stereocenters. The fourth-order valence-corrected chi connectivity index (χ4v) is 1.85. The van der Waals surface area contributed by atoms with Crippen LogP contribution in [-0.2, 0) is 15.5 Å². The summed E-state index contributed by atoms with van der Waals surface area (Å²) in [5.74, 6) is 1.20. The largest absolute Gasteiger partial charge is 0.384 e. The van der Waals surface area contributed by atoms with Gasteiger partial charge in [0, 0.05) is 35.5 Å². The van der Waals surface area contributed by atoms with Gasteiger partial charge in [-0.1, -0.05) is 6.92 Å². The summed E-state index contributed by atoms with van der Waals surface area (Å²) in [6, 6.07) is 0.0766. The van der Waals surface area contributed by atoms with E-state index < -0.39 is 10.8 Å². The van der Waals surface area contributed by atoms with Gasteiger partial charge >= 0.3 is 0 Å². The molecular weight excluding hydrogens is 162 g/mol. The van der Waals surface area contributed by atoms with Crippen LogP contribution in [0.3, 0.4) is 0 Å². The molecule has 0 fully saturated rings. The van der Waals surface area contributed by atoms with Gasteiger partial charge in [0.25, 0.3) is 0 Å². The molecule has 0 bridgehead atoms. The minimum Gasteiger partial charge on any atom is -0.384 e. The summed E-state index contributed by atoms with van der Waals surface area (Å²) in [6.07, 6.45) is 0.888. The molecule has 0 radical (unpaired) electrons. The van der Waals surface area contributed by atoms with Crippen molar-refractivity contribution >= 4 is 10.8 Å². The predicted octanol–water partition coefficient (Wildman–Crippen LogP) is 0.119. The first-order chi connectivity index (χ1) is 5.20. The molecule has 11 heavy (non-hydrogen) atoms. The SMILES string of the molecule is CCC(N)CS(=O)CCOC. The van der Waals surface area contributed by atoms with Crippen LogP contribution in [0.15, 0.2) is 0 Å². The number of hydrogen-bond donors (Lipinski definition) is 1. The van der Waals surface area contributed by atoms with Gasteiger partial charge in [-0.15, -0.1) is 0 Å². The molecule has 68 valence electrons. The smallest absolute Gasteiger partial charge is 0.0577 e. The lowest BCUT2D eigenvalue weighted by atomic mass is 10.3. The number of hydrogen-bond acceptors (Lipinski definition) is 3. The van der Waals surface area contributed by atoms with Crippen LogP contribution in [0.25, 0.3) is 0 Å². The Labute approximate surface area is 70.8 Å². The maximum Gasteiger partial charge on any atom is 0.0577 e. The van der Waals surface area contributed by atoms with Gasteiger partial charge in [0.1, 0.15) is 0 Å². The molecule has 0 aliphatic rings. The summed E-state index contributed by atoms with van der Waals surface area (Å²) >= 11 is 0. The van der Waals surface area contributed by atoms with Crippen molar-refractivity contribution in [3.8, 4) is 0 Å². The second kappa shape index (κ2) is 6.76. The van der Waals surface area contributed by atoms with Crippen molar-refractivity contribution in [1.82, 2.24) is 0 Å². The van der Waals surface area contributed by atoms with Crippen molar-refractivity contribution < 1.29 is 8.95 Å². The molecule has 0 amide bonds. The van der Waals surface area contributed by atoms with E-state index in [2.05, 4.69) is 0 Å². The van der Waals surface area contributed by atoms with Gasteiger partial charge in [0.05, 0.1) is 6.61 Å². The first-order valence-electron chi connectivity index (χ1n) is 3.80. The first kappa shape index (κ1) is 11.1. The van der Waals surface area contributed by atoms with Crippen molar-refractivity contribution in [2.45, 2.75) is 19.4 Å². The van der Waals surface area contributed by atoms with Crippen LogP contribution >= 0.6 is 0 Å². The fraction of sp³-hybridized carbons (Fsp3) is 1.00. The van der Waals surface area contributed by atoms with E-state index >= 15 is 0 Å². The molecule has 0 aromatic rings. The van der Waals surface area contributed by atoms with E-state index in [-0.39, 0.29) is 6.04 Å². The van der Waals surface area contributed by atoms with Crippen molar-refractivity contribution in [2.75, 3.05) is 25.2 Å². The molecule has 0 heterocycles. The van der Waals surface area contributed by atoms with Crippen LogP contribution in [-0.4, -0.2) is 35.5 Å². The van der Waals surface area contributed by atoms with Gasteiger partial charge < -0.3 is 10.5 Å². The van der Waals surface area contributed by atoms with Gasteiger partial charge in [-0.2, -0.15) is 0 Å². The van der Waals surface area contributed by atoms with Crippen molar-refractivity contribution in [3.63, 3.8) is 0 Å². The Morgan fingerprint density at radius 2 is 2.27 bits per heavy atom. The molecular formula is C7H17NO2S. The van der Waals surface area contributed by atoms with Crippen molar-refractivity contribution in [3.05, 3.63) is 0 Å². The Morgan fingerprint density at radius 1 is 1.64 bits per heavy atom. The summed E-state index contributed by atoms with van der Waals surface area (Å²) in [7, 11) is 0.808. The standard InChI is InChI=1S/C7H17NO2S/c1-3-7(8)6-11(9)5-4-10-2/h7H,3-6,8H2,1-2H3. The van der Waals surface area contributed by atoms with Crippen LogP contribution in [0.5, 0.6) is 0 Å². The summed E-state index contributed by atoms with van der Waals surface area (Å²) in [5.41, 5.74) is 5.61. The molecule has 2 atom stereocenters. The molecule has 2 N–H and O–H groups in total. The zero-order chi connectivity index (χ0) is 8.69. The van der Waals surface area contributed by atoms with Crippen molar-refractivity contribution in [1.29, 1.82) is 0 Å². The second-order valence-electron chi connectivity index (χ2n) is 2.47. The first-order valence-corrected chi connectivity index (χ1v) is 5.29. The highest BCUT2D eigenvalue weighted by Gasteiger charge is 2.04. The second-order valence-corrected chi connectivity index (χ2v) is 4.09. The lowest BCUT2D eigenvalue weighted by Crippen LogP contribution is -2.27. The Balaban J connectivity index is 3.36. The molecule has 0 saturated heterocycles. The Kier molecular flexibility index (Phi) is 6.80. The van der Waals surface area contributed by atoms with E-state index in [1.807, 2.05) is 6.92 Å². The topological polar surface area (TPSA) is 52.3 Å². The monoisotopic (exact) mass is 179 g/mol. The van der Waals surface area contributed by atoms with E-state index in [9.17, 15) is 4.21 Å². The Bertz CT molecular complexity index is 119. The normalized spacial score (nSPS) is 16.3. The molecule has 0 rings (SSSR count). The lowest BCUT2D eigenvalue weighted by Gasteiger charge is -2.07. The lowest BCUT2D eigenvalue weighted by molar-refractivity contribution is 0.218. The van der Waals surface area contributed by atoms with E-state index in [0.717, 1.165) is 6.42 Å². The average molecular weight is 179 g/mol. The van der Waals surface area contributed by atoms with Gasteiger partial charge in [-0.3, -0.25) is 4.21 Å². The number of ether oxygens (including phenoxy) is 1. The summed E-state index contributed by atoms with van der Waals surface area (Å²) in [6.45, 7) is 2.56. The van der Waals surface area contributed by atoms with E-state index in [1.165, 1.54) is 0 Å². The number of methoxy groups -OCH3 is 1. The quantitative estimate of drug-likeness (QED) is 0.630. The van der Waals surface area contributed by atoms with Crippen LogP contribution in [0.1, 0.15) is 13.3 Å². The van der Waals surface area contributed by atoms with E-state index in [0.29, 0.717) is 18.1 Å². The van der Waals surface area contributed by atoms with Gasteiger partial charge in [0.15, 0.2) is 0 Å². The summed E-state index contributed by atoms with van der Waals surface area (Å²) in [4.78, 5) is 0. The molecule has 0 spiro atoms. The summed E-state index contributed by atoms with van der Waals surface area (Å²) < 4.78 is 15.9. The van der Waals surface area contributed by atoms with E-state index in [4.69, 9.17) is 10.5 Å². The van der Waals surface area contributed by atoms with Gasteiger partial charge in [-0.05, 0) is 6.42 Å². The molecule has 3 nitrogen and oxygen atoms in total. The Morgan fingerprint density at radius 3 is 2.73 bits per heavy atom. The fourth-order valence-electron chi connectivity index (χ4n) is 0.616. The third-order valence-corrected chi connectivity index (χ3v) is 2.86. The maximum absolute atomic E-state index is 11.1. The Hall–Kier alpha value is 0.0700. The maximum atomic E-state index is 11.1. The minimum absolute atomic E-state index is 0.0766. The zero-order valence-electron chi connectivity index (χ0n) is 7.21. The highest BCUT2D eigenvalue weighted by atomic mass is 32.2. The van der Waals surface area contributed by atoms with Crippen LogP contribution in [0.4, 0.5) is 0 Å². The molecule has 0 saturated carbocycles. The highest BCUT2D eigenvalue weighted by Crippen LogP contribution is 1.91. The summed E-state index contributed by atoms with van der Waals surface area (Å²) in [5, 5.41) is 0. The third kappa shape index (κ3) is 6.47. The number of rotatable bonds is 6. The third-order valence-electron chi connectivity index (χ3n) is 1.44. The van der Waals surface area contributed by atoms with Crippen molar-refractivity contribution in [2.24, 2.45) is 5.73 Å². The van der Waals surface area contributed by atoms with Gasteiger partial charge in [0.2, 0.25) is 0 Å². The predicted molar refractivity (Wildman–Crippen MR) is 48.0 cm³/mol. The van der Waals surface area contributed by atoms with Gasteiger partial charge in [-0.25, -0.2) is 0 Å².